The minimum atomic E-state index is -1.74. The van der Waals surface area contributed by atoms with Crippen LogP contribution in [-0.4, -0.2) is 41.1 Å². The fourth-order valence-electron chi connectivity index (χ4n) is 2.84. The number of carbonyl (C=O) groups excluding carboxylic acids is 2. The van der Waals surface area contributed by atoms with E-state index < -0.39 is 23.3 Å². The van der Waals surface area contributed by atoms with Gasteiger partial charge in [0.25, 0.3) is 0 Å². The number of amidine groups is 2. The van der Waals surface area contributed by atoms with Crippen LogP contribution in [-0.2, 0) is 26.5 Å². The summed E-state index contributed by atoms with van der Waals surface area (Å²) in [6.45, 7) is -0.178. The van der Waals surface area contributed by atoms with Gasteiger partial charge in [-0.1, -0.05) is 18.2 Å². The summed E-state index contributed by atoms with van der Waals surface area (Å²) in [5, 5.41) is 29.1. The fourth-order valence-corrected chi connectivity index (χ4v) is 3.65. The molecule has 0 saturated heterocycles. The van der Waals surface area contributed by atoms with Gasteiger partial charge in [0.1, 0.15) is 17.2 Å². The Balaban J connectivity index is 2.06. The van der Waals surface area contributed by atoms with E-state index in [4.69, 9.17) is 33.1 Å². The summed E-state index contributed by atoms with van der Waals surface area (Å²) in [6.07, 6.45) is -0.600. The third-order valence-corrected chi connectivity index (χ3v) is 5.74. The average Bonchev–Trinajstić information content (AvgIpc) is 3.23. The zero-order valence-corrected chi connectivity index (χ0v) is 17.9. The first-order valence-electron chi connectivity index (χ1n) is 9.46. The van der Waals surface area contributed by atoms with Crippen LogP contribution in [0.5, 0.6) is 0 Å². The molecule has 0 aliphatic heterocycles. The number of nitrogens with one attached hydrogen (secondary N) is 4. The van der Waals surface area contributed by atoms with E-state index in [0.29, 0.717) is 10.4 Å². The Morgan fingerprint density at radius 2 is 1.78 bits per heavy atom. The topological polar surface area (TPSA) is 221 Å². The van der Waals surface area contributed by atoms with Crippen LogP contribution in [0, 0.1) is 10.8 Å². The standard InChI is InChI=1S/C20H25N7O4S/c21-17(22)11-2-1-3-12(8-11)20(25,7-6-16(29)30)19(31)27-10-15(28)26-9-13-4-5-14(32-13)18(23)24/h1-5,8H,6-7,9-10,25H2,(H3,21,22)(H3,23,24)(H,26,28)(H,27,31)(H,29,30)/t20-/m0/s1. The lowest BCUT2D eigenvalue weighted by Gasteiger charge is -2.28. The number of carbonyl (C=O) groups is 3. The van der Waals surface area contributed by atoms with Crippen LogP contribution in [0.1, 0.15) is 33.7 Å². The molecule has 0 unspecified atom stereocenters. The highest BCUT2D eigenvalue weighted by Gasteiger charge is 2.36. The van der Waals surface area contributed by atoms with Gasteiger partial charge in [0, 0.05) is 16.9 Å². The third kappa shape index (κ3) is 6.36. The van der Waals surface area contributed by atoms with E-state index in [2.05, 4.69) is 10.6 Å². The van der Waals surface area contributed by atoms with E-state index in [-0.39, 0.29) is 43.2 Å². The predicted molar refractivity (Wildman–Crippen MR) is 120 cm³/mol. The van der Waals surface area contributed by atoms with Gasteiger partial charge in [0.05, 0.1) is 18.0 Å². The summed E-state index contributed by atoms with van der Waals surface area (Å²) in [7, 11) is 0. The first kappa shape index (κ1) is 24.5. The molecule has 170 valence electrons. The number of carboxylic acid groups (broad SMARTS) is 1. The number of thiophene rings is 1. The maximum Gasteiger partial charge on any atom is 0.303 e. The Kier molecular flexibility index (Phi) is 8.04. The molecule has 0 spiro atoms. The van der Waals surface area contributed by atoms with E-state index in [1.165, 1.54) is 23.5 Å². The first-order chi connectivity index (χ1) is 15.0. The van der Waals surface area contributed by atoms with Gasteiger partial charge < -0.3 is 32.9 Å². The average molecular weight is 460 g/mol. The lowest BCUT2D eigenvalue weighted by Crippen LogP contribution is -2.53. The molecule has 0 saturated carbocycles. The predicted octanol–water partition coefficient (Wildman–Crippen LogP) is -0.232. The van der Waals surface area contributed by atoms with Gasteiger partial charge in [-0.3, -0.25) is 25.2 Å². The second-order valence-electron chi connectivity index (χ2n) is 7.00. The Bertz CT molecular complexity index is 1050. The molecule has 1 atom stereocenters. The van der Waals surface area contributed by atoms with Crippen molar-refractivity contribution < 1.29 is 19.5 Å². The monoisotopic (exact) mass is 459 g/mol. The van der Waals surface area contributed by atoms with Crippen molar-refractivity contribution in [1.29, 1.82) is 10.8 Å². The molecule has 1 heterocycles. The molecule has 0 aliphatic rings. The molecular weight excluding hydrogens is 434 g/mol. The van der Waals surface area contributed by atoms with Crippen molar-refractivity contribution in [2.75, 3.05) is 6.54 Å². The largest absolute Gasteiger partial charge is 0.481 e. The van der Waals surface area contributed by atoms with Gasteiger partial charge >= 0.3 is 5.97 Å². The highest BCUT2D eigenvalue weighted by atomic mass is 32.1. The molecule has 32 heavy (non-hydrogen) atoms. The van der Waals surface area contributed by atoms with Crippen molar-refractivity contribution in [3.05, 3.63) is 57.3 Å². The van der Waals surface area contributed by atoms with Crippen LogP contribution in [0.25, 0.3) is 0 Å². The number of benzene rings is 1. The summed E-state index contributed by atoms with van der Waals surface area (Å²) in [4.78, 5) is 37.5. The van der Waals surface area contributed by atoms with Crippen molar-refractivity contribution in [3.63, 3.8) is 0 Å². The lowest BCUT2D eigenvalue weighted by atomic mass is 9.84. The van der Waals surface area contributed by atoms with Crippen LogP contribution in [0.2, 0.25) is 0 Å². The van der Waals surface area contributed by atoms with Crippen LogP contribution in [0.3, 0.4) is 0 Å². The number of rotatable bonds is 11. The summed E-state index contributed by atoms with van der Waals surface area (Å²) in [6, 6.07) is 9.53. The second kappa shape index (κ2) is 10.5. The van der Waals surface area contributed by atoms with Crippen LogP contribution >= 0.6 is 11.3 Å². The van der Waals surface area contributed by atoms with Gasteiger partial charge in [0.2, 0.25) is 11.8 Å². The van der Waals surface area contributed by atoms with Crippen molar-refractivity contribution in [2.24, 2.45) is 17.2 Å². The summed E-state index contributed by atoms with van der Waals surface area (Å²) in [5.74, 6) is -2.63. The summed E-state index contributed by atoms with van der Waals surface area (Å²) >= 11 is 1.27. The van der Waals surface area contributed by atoms with E-state index in [9.17, 15) is 14.4 Å². The van der Waals surface area contributed by atoms with Crippen LogP contribution in [0.15, 0.2) is 36.4 Å². The zero-order chi connectivity index (χ0) is 23.9. The molecule has 0 radical (unpaired) electrons. The van der Waals surface area contributed by atoms with Gasteiger partial charge in [-0.2, -0.15) is 0 Å². The van der Waals surface area contributed by atoms with Crippen molar-refractivity contribution in [3.8, 4) is 0 Å². The maximum absolute atomic E-state index is 12.9. The molecule has 2 rings (SSSR count). The van der Waals surface area contributed by atoms with Crippen LogP contribution < -0.4 is 27.8 Å². The van der Waals surface area contributed by atoms with Gasteiger partial charge in [0.15, 0.2) is 0 Å². The number of hydrogen-bond acceptors (Lipinski definition) is 7. The van der Waals surface area contributed by atoms with Crippen LogP contribution in [0.4, 0.5) is 0 Å². The molecule has 11 N–H and O–H groups in total. The van der Waals surface area contributed by atoms with E-state index in [1.54, 1.807) is 24.3 Å². The van der Waals surface area contributed by atoms with E-state index in [0.717, 1.165) is 4.88 Å². The molecular formula is C20H25N7O4S. The number of carboxylic acids is 1. The maximum atomic E-state index is 12.9. The Morgan fingerprint density at radius 1 is 1.06 bits per heavy atom. The minimum Gasteiger partial charge on any atom is -0.481 e. The molecule has 1 aromatic heterocycles. The molecule has 11 nitrogen and oxygen atoms in total. The van der Waals surface area contributed by atoms with Gasteiger partial charge in [-0.15, -0.1) is 11.3 Å². The number of nitrogen functional groups attached to an aromatic ring is 2. The third-order valence-electron chi connectivity index (χ3n) is 4.62. The molecule has 2 aromatic rings. The molecule has 0 bridgehead atoms. The van der Waals surface area contributed by atoms with Crippen molar-refractivity contribution >= 4 is 40.8 Å². The summed E-state index contributed by atoms with van der Waals surface area (Å²) in [5.41, 5.74) is 16.1. The smallest absolute Gasteiger partial charge is 0.303 e. The van der Waals surface area contributed by atoms with Crippen molar-refractivity contribution in [1.82, 2.24) is 10.6 Å². The Labute approximate surface area is 188 Å². The molecule has 0 aliphatic carbocycles. The molecule has 1 aromatic carbocycles. The van der Waals surface area contributed by atoms with Gasteiger partial charge in [-0.05, 0) is 30.2 Å². The zero-order valence-electron chi connectivity index (χ0n) is 17.1. The second-order valence-corrected chi connectivity index (χ2v) is 8.17. The Hall–Kier alpha value is -3.77. The van der Waals surface area contributed by atoms with Gasteiger partial charge in [-0.25, -0.2) is 0 Å². The molecule has 12 heteroatoms. The lowest BCUT2D eigenvalue weighted by molar-refractivity contribution is -0.138. The van der Waals surface area contributed by atoms with Crippen molar-refractivity contribution in [2.45, 2.75) is 24.9 Å². The summed E-state index contributed by atoms with van der Waals surface area (Å²) < 4.78 is 0. The molecule has 0 fully saturated rings. The number of hydrogen-bond donors (Lipinski definition) is 8. The molecule has 2 amide bonds. The normalized spacial score (nSPS) is 12.4. The highest BCUT2D eigenvalue weighted by Crippen LogP contribution is 2.25. The number of nitrogens with two attached hydrogens (primary N) is 3. The number of amides is 2. The SMILES string of the molecule is N=C(N)c1cccc([C@@](N)(CCC(=O)O)C(=O)NCC(=O)NCc2ccc(C(=N)N)s2)c1. The van der Waals surface area contributed by atoms with E-state index >= 15 is 0 Å². The highest BCUT2D eigenvalue weighted by molar-refractivity contribution is 7.14. The fraction of sp³-hybridized carbons (Fsp3) is 0.250. The van der Waals surface area contributed by atoms with E-state index in [1.807, 2.05) is 0 Å². The minimum absolute atomic E-state index is 0.0608. The Morgan fingerprint density at radius 3 is 2.38 bits per heavy atom. The quantitative estimate of drug-likeness (QED) is 0.166. The first-order valence-corrected chi connectivity index (χ1v) is 10.3. The number of aliphatic carboxylic acids is 1.